The number of aromatic nitrogens is 2. The van der Waals surface area contributed by atoms with Gasteiger partial charge in [-0.05, 0) is 6.42 Å². The summed E-state index contributed by atoms with van der Waals surface area (Å²) in [5.41, 5.74) is 1.07. The van der Waals surface area contributed by atoms with E-state index in [-0.39, 0.29) is 19.3 Å². The standard InChI is InChI=1S/C10H19N3O2/c1-2-3-13-6-9(5-12-13)4-11-10(7-14)8-15/h5-6,10-11,14-15H,2-4,7-8H2,1H3. The molecule has 3 N–H and O–H groups in total. The van der Waals surface area contributed by atoms with Crippen molar-refractivity contribution in [1.29, 1.82) is 0 Å². The van der Waals surface area contributed by atoms with Crippen molar-refractivity contribution in [2.45, 2.75) is 32.5 Å². The Hall–Kier alpha value is -0.910. The van der Waals surface area contributed by atoms with Crippen molar-refractivity contribution in [2.24, 2.45) is 0 Å². The van der Waals surface area contributed by atoms with Crippen LogP contribution in [0.4, 0.5) is 0 Å². The van der Waals surface area contributed by atoms with Crippen molar-refractivity contribution in [1.82, 2.24) is 15.1 Å². The number of nitrogens with one attached hydrogen (secondary N) is 1. The van der Waals surface area contributed by atoms with E-state index in [1.165, 1.54) is 0 Å². The summed E-state index contributed by atoms with van der Waals surface area (Å²) in [7, 11) is 0. The van der Waals surface area contributed by atoms with E-state index in [0.717, 1.165) is 18.5 Å². The third-order valence-electron chi connectivity index (χ3n) is 2.18. The van der Waals surface area contributed by atoms with Crippen LogP contribution in [0.2, 0.25) is 0 Å². The molecular formula is C10H19N3O2. The fourth-order valence-corrected chi connectivity index (χ4v) is 1.30. The lowest BCUT2D eigenvalue weighted by atomic mass is 10.3. The molecule has 1 rings (SSSR count). The number of hydrogen-bond acceptors (Lipinski definition) is 4. The molecule has 0 saturated carbocycles. The molecule has 0 aliphatic rings. The second kappa shape index (κ2) is 6.55. The molecule has 0 aliphatic heterocycles. The van der Waals surface area contributed by atoms with Crippen LogP contribution in [0.3, 0.4) is 0 Å². The summed E-state index contributed by atoms with van der Waals surface area (Å²) in [5, 5.41) is 24.9. The fraction of sp³-hybridized carbons (Fsp3) is 0.700. The monoisotopic (exact) mass is 213 g/mol. The molecule has 15 heavy (non-hydrogen) atoms. The van der Waals surface area contributed by atoms with Gasteiger partial charge in [-0.3, -0.25) is 4.68 Å². The first-order valence-corrected chi connectivity index (χ1v) is 5.26. The average molecular weight is 213 g/mol. The molecule has 5 nitrogen and oxygen atoms in total. The Kier molecular flexibility index (Phi) is 5.31. The van der Waals surface area contributed by atoms with Gasteiger partial charge in [-0.1, -0.05) is 6.92 Å². The van der Waals surface area contributed by atoms with Gasteiger partial charge in [-0.2, -0.15) is 5.10 Å². The zero-order chi connectivity index (χ0) is 11.1. The minimum Gasteiger partial charge on any atom is -0.395 e. The van der Waals surface area contributed by atoms with E-state index in [4.69, 9.17) is 10.2 Å². The molecule has 0 radical (unpaired) electrons. The Bertz CT molecular complexity index is 271. The summed E-state index contributed by atoms with van der Waals surface area (Å²) >= 11 is 0. The molecule has 0 unspecified atom stereocenters. The number of nitrogens with zero attached hydrogens (tertiary/aromatic N) is 2. The van der Waals surface area contributed by atoms with Crippen LogP contribution in [-0.2, 0) is 13.1 Å². The maximum Gasteiger partial charge on any atom is 0.0607 e. The van der Waals surface area contributed by atoms with Crippen molar-refractivity contribution in [3.63, 3.8) is 0 Å². The summed E-state index contributed by atoms with van der Waals surface area (Å²) < 4.78 is 1.89. The Morgan fingerprint density at radius 1 is 1.47 bits per heavy atom. The molecule has 0 amide bonds. The van der Waals surface area contributed by atoms with Gasteiger partial charge in [-0.25, -0.2) is 0 Å². The number of rotatable bonds is 7. The van der Waals surface area contributed by atoms with Crippen molar-refractivity contribution in [2.75, 3.05) is 13.2 Å². The van der Waals surface area contributed by atoms with E-state index in [2.05, 4.69) is 17.3 Å². The highest BCUT2D eigenvalue weighted by Gasteiger charge is 2.05. The minimum absolute atomic E-state index is 0.0560. The summed E-state index contributed by atoms with van der Waals surface area (Å²) in [4.78, 5) is 0. The van der Waals surface area contributed by atoms with E-state index in [9.17, 15) is 0 Å². The second-order valence-corrected chi connectivity index (χ2v) is 3.55. The van der Waals surface area contributed by atoms with Gasteiger partial charge < -0.3 is 15.5 Å². The Labute approximate surface area is 89.7 Å². The van der Waals surface area contributed by atoms with Crippen molar-refractivity contribution < 1.29 is 10.2 Å². The van der Waals surface area contributed by atoms with Crippen LogP contribution >= 0.6 is 0 Å². The molecule has 0 fully saturated rings. The molecule has 0 spiro atoms. The predicted octanol–water partition coefficient (Wildman–Crippen LogP) is -0.264. The molecule has 0 aromatic carbocycles. The van der Waals surface area contributed by atoms with E-state index in [1.807, 2.05) is 10.9 Å². The average Bonchev–Trinajstić information content (AvgIpc) is 2.68. The van der Waals surface area contributed by atoms with Gasteiger partial charge >= 0.3 is 0 Å². The molecule has 0 bridgehead atoms. The van der Waals surface area contributed by atoms with E-state index >= 15 is 0 Å². The highest BCUT2D eigenvalue weighted by Crippen LogP contribution is 1.98. The van der Waals surface area contributed by atoms with Gasteiger partial charge in [0.2, 0.25) is 0 Å². The minimum atomic E-state index is -0.250. The van der Waals surface area contributed by atoms with Crippen molar-refractivity contribution in [3.8, 4) is 0 Å². The first kappa shape index (κ1) is 12.2. The van der Waals surface area contributed by atoms with E-state index in [0.29, 0.717) is 6.54 Å². The Balaban J connectivity index is 2.36. The maximum absolute atomic E-state index is 8.85. The van der Waals surface area contributed by atoms with Crippen LogP contribution in [0.15, 0.2) is 12.4 Å². The van der Waals surface area contributed by atoms with Crippen LogP contribution in [0.1, 0.15) is 18.9 Å². The molecule has 1 aromatic rings. The molecule has 0 aliphatic carbocycles. The quantitative estimate of drug-likeness (QED) is 0.583. The van der Waals surface area contributed by atoms with Gasteiger partial charge in [0.05, 0.1) is 25.5 Å². The smallest absolute Gasteiger partial charge is 0.0607 e. The first-order valence-electron chi connectivity index (χ1n) is 5.26. The molecule has 1 aromatic heterocycles. The molecule has 0 saturated heterocycles. The normalized spacial score (nSPS) is 11.2. The van der Waals surface area contributed by atoms with Crippen LogP contribution in [0, 0.1) is 0 Å². The van der Waals surface area contributed by atoms with Crippen molar-refractivity contribution in [3.05, 3.63) is 18.0 Å². The van der Waals surface area contributed by atoms with Crippen LogP contribution in [0.5, 0.6) is 0 Å². The second-order valence-electron chi connectivity index (χ2n) is 3.55. The van der Waals surface area contributed by atoms with Gasteiger partial charge in [-0.15, -0.1) is 0 Å². The lowest BCUT2D eigenvalue weighted by Gasteiger charge is -2.11. The molecule has 0 atom stereocenters. The van der Waals surface area contributed by atoms with Crippen LogP contribution < -0.4 is 5.32 Å². The molecule has 86 valence electrons. The summed E-state index contributed by atoms with van der Waals surface area (Å²) in [6, 6.07) is -0.250. The fourth-order valence-electron chi connectivity index (χ4n) is 1.30. The largest absolute Gasteiger partial charge is 0.395 e. The third kappa shape index (κ3) is 3.99. The molecule has 1 heterocycles. The van der Waals surface area contributed by atoms with Crippen molar-refractivity contribution >= 4 is 0 Å². The van der Waals surface area contributed by atoms with Gasteiger partial charge in [0.15, 0.2) is 0 Å². The number of aliphatic hydroxyl groups is 2. The summed E-state index contributed by atoms with van der Waals surface area (Å²) in [6.45, 7) is 3.53. The molecular weight excluding hydrogens is 194 g/mol. The maximum atomic E-state index is 8.85. The third-order valence-corrected chi connectivity index (χ3v) is 2.18. The zero-order valence-electron chi connectivity index (χ0n) is 9.06. The topological polar surface area (TPSA) is 70.3 Å². The number of aryl methyl sites for hydroxylation is 1. The van der Waals surface area contributed by atoms with Crippen LogP contribution in [-0.4, -0.2) is 39.2 Å². The lowest BCUT2D eigenvalue weighted by Crippen LogP contribution is -2.35. The van der Waals surface area contributed by atoms with Crippen LogP contribution in [0.25, 0.3) is 0 Å². The lowest BCUT2D eigenvalue weighted by molar-refractivity contribution is 0.170. The highest BCUT2D eigenvalue weighted by atomic mass is 16.3. The van der Waals surface area contributed by atoms with Gasteiger partial charge in [0.25, 0.3) is 0 Å². The summed E-state index contributed by atoms with van der Waals surface area (Å²) in [6.07, 6.45) is 4.83. The number of hydrogen-bond donors (Lipinski definition) is 3. The SMILES string of the molecule is CCCn1cc(CNC(CO)CO)cn1. The van der Waals surface area contributed by atoms with Gasteiger partial charge in [0.1, 0.15) is 0 Å². The highest BCUT2D eigenvalue weighted by molar-refractivity contribution is 5.03. The summed E-state index contributed by atoms with van der Waals surface area (Å²) in [5.74, 6) is 0. The Morgan fingerprint density at radius 2 is 2.20 bits per heavy atom. The predicted molar refractivity (Wildman–Crippen MR) is 57.3 cm³/mol. The zero-order valence-corrected chi connectivity index (χ0v) is 9.06. The van der Waals surface area contributed by atoms with E-state index < -0.39 is 0 Å². The van der Waals surface area contributed by atoms with Gasteiger partial charge in [0, 0.05) is 24.8 Å². The van der Waals surface area contributed by atoms with E-state index in [1.54, 1.807) is 6.20 Å². The number of aliphatic hydroxyl groups excluding tert-OH is 2. The molecule has 5 heteroatoms. The Morgan fingerprint density at radius 3 is 2.80 bits per heavy atom. The first-order chi connectivity index (χ1) is 7.30.